The van der Waals surface area contributed by atoms with Gasteiger partial charge in [0.2, 0.25) is 17.7 Å². The lowest BCUT2D eigenvalue weighted by atomic mass is 9.97. The maximum absolute atomic E-state index is 13.3. The van der Waals surface area contributed by atoms with Gasteiger partial charge in [0.05, 0.1) is 41.9 Å². The Morgan fingerprint density at radius 1 is 1.03 bits per heavy atom. The molecule has 1 aliphatic rings. The summed E-state index contributed by atoms with van der Waals surface area (Å²) in [6, 6.07) is 18.2. The van der Waals surface area contributed by atoms with E-state index >= 15 is 0 Å². The molecule has 1 unspecified atom stereocenters. The van der Waals surface area contributed by atoms with Crippen molar-refractivity contribution in [3.05, 3.63) is 105 Å². The number of aliphatic hydroxyl groups excluding tert-OH is 1. The van der Waals surface area contributed by atoms with Crippen molar-refractivity contribution in [2.75, 3.05) is 20.2 Å². The monoisotopic (exact) mass is 829 g/mol. The number of aliphatic hydroxyl groups is 1. The molecule has 2 aromatic carbocycles. The van der Waals surface area contributed by atoms with Gasteiger partial charge < -0.3 is 35.8 Å². The molecule has 0 bridgehead atoms. The summed E-state index contributed by atoms with van der Waals surface area (Å²) in [5, 5.41) is 16.6. The van der Waals surface area contributed by atoms with E-state index in [1.165, 1.54) is 17.7 Å². The maximum atomic E-state index is 13.3. The van der Waals surface area contributed by atoms with Crippen LogP contribution >= 0.6 is 23.2 Å². The first-order valence-electron chi connectivity index (χ1n) is 18.7. The van der Waals surface area contributed by atoms with Gasteiger partial charge in [-0.3, -0.25) is 18.8 Å². The quantitative estimate of drug-likeness (QED) is 0.107. The van der Waals surface area contributed by atoms with Crippen molar-refractivity contribution in [1.29, 1.82) is 0 Å². The lowest BCUT2D eigenvalue weighted by Crippen LogP contribution is -2.43. The molecule has 304 valence electrons. The lowest BCUT2D eigenvalue weighted by molar-refractivity contribution is -0.120. The highest BCUT2D eigenvalue weighted by Crippen LogP contribution is 2.42. The molecule has 5 N–H and O–H groups in total. The van der Waals surface area contributed by atoms with Gasteiger partial charge in [0.25, 0.3) is 5.56 Å². The summed E-state index contributed by atoms with van der Waals surface area (Å²) < 4.78 is 12.8. The Kier molecular flexibility index (Phi) is 13.0. The Morgan fingerprint density at radius 3 is 2.38 bits per heavy atom. The number of hydrogen-bond donors (Lipinski definition) is 4. The SMILES string of the molecule is COc1nc(-c2cccc(-c3cccc(-c4ccn5c(=O)c(CNCC(O)CC(N)=O)cnc5c4)c3Cl)c2Cl)ccc1CN(C[C@@H]1CCC(=O)N1)C(=O)OC(C)(C)C. The number of nitrogens with zero attached hydrogens (tertiary/aromatic N) is 4. The second kappa shape index (κ2) is 17.9. The number of carbonyl (C=O) groups is 3. The number of halogens is 2. The van der Waals surface area contributed by atoms with Gasteiger partial charge in [-0.1, -0.05) is 59.6 Å². The Bertz CT molecular complexity index is 2420. The number of nitrogens with one attached hydrogen (secondary N) is 2. The van der Waals surface area contributed by atoms with E-state index in [1.54, 1.807) is 44.0 Å². The van der Waals surface area contributed by atoms with Crippen molar-refractivity contribution in [1.82, 2.24) is 29.9 Å². The van der Waals surface area contributed by atoms with Crippen LogP contribution in [-0.2, 0) is 27.4 Å². The molecule has 5 aromatic rings. The van der Waals surface area contributed by atoms with Crippen LogP contribution in [0.3, 0.4) is 0 Å². The van der Waals surface area contributed by atoms with Crippen LogP contribution in [0.5, 0.6) is 5.88 Å². The minimum absolute atomic E-state index is 0.0480. The second-order valence-corrected chi connectivity index (χ2v) is 15.8. The zero-order valence-electron chi connectivity index (χ0n) is 32.6. The predicted octanol–water partition coefficient (Wildman–Crippen LogP) is 5.75. The number of ether oxygens (including phenoxy) is 2. The zero-order valence-corrected chi connectivity index (χ0v) is 34.1. The lowest BCUT2D eigenvalue weighted by Gasteiger charge is -2.29. The summed E-state index contributed by atoms with van der Waals surface area (Å²) >= 11 is 14.2. The highest BCUT2D eigenvalue weighted by atomic mass is 35.5. The van der Waals surface area contributed by atoms with Gasteiger partial charge in [-0.15, -0.1) is 0 Å². The highest BCUT2D eigenvalue weighted by molar-refractivity contribution is 6.39. The van der Waals surface area contributed by atoms with Gasteiger partial charge in [-0.2, -0.15) is 0 Å². The van der Waals surface area contributed by atoms with E-state index in [9.17, 15) is 24.3 Å². The smallest absolute Gasteiger partial charge is 0.410 e. The van der Waals surface area contributed by atoms with Crippen molar-refractivity contribution >= 4 is 46.8 Å². The third-order valence-electron chi connectivity index (χ3n) is 9.46. The van der Waals surface area contributed by atoms with Crippen molar-refractivity contribution in [2.24, 2.45) is 5.73 Å². The van der Waals surface area contributed by atoms with E-state index in [1.807, 2.05) is 48.5 Å². The number of hydrogen-bond acceptors (Lipinski definition) is 10. The maximum Gasteiger partial charge on any atom is 0.410 e. The molecule has 0 spiro atoms. The molecule has 3 aromatic heterocycles. The predicted molar refractivity (Wildman–Crippen MR) is 221 cm³/mol. The molecule has 3 amide bonds. The summed E-state index contributed by atoms with van der Waals surface area (Å²) in [4.78, 5) is 60.3. The molecule has 2 atom stereocenters. The summed E-state index contributed by atoms with van der Waals surface area (Å²) in [6.45, 7) is 6.02. The third-order valence-corrected chi connectivity index (χ3v) is 10.3. The Hall–Kier alpha value is -5.54. The number of amides is 3. The van der Waals surface area contributed by atoms with Crippen LogP contribution in [0, 0.1) is 0 Å². The first-order chi connectivity index (χ1) is 27.6. The fourth-order valence-corrected chi connectivity index (χ4v) is 7.37. The Labute approximate surface area is 345 Å². The number of carbonyl (C=O) groups excluding carboxylic acids is 3. The molecule has 6 rings (SSSR count). The largest absolute Gasteiger partial charge is 0.481 e. The Morgan fingerprint density at radius 2 is 1.72 bits per heavy atom. The van der Waals surface area contributed by atoms with E-state index in [4.69, 9.17) is 43.4 Å². The molecule has 1 fully saturated rings. The van der Waals surface area contributed by atoms with Crippen molar-refractivity contribution < 1.29 is 29.0 Å². The molecule has 0 aliphatic carbocycles. The molecule has 16 heteroatoms. The molecule has 0 radical (unpaired) electrons. The molecule has 58 heavy (non-hydrogen) atoms. The molecule has 1 aliphatic heterocycles. The highest BCUT2D eigenvalue weighted by Gasteiger charge is 2.29. The number of benzene rings is 2. The molecule has 0 saturated carbocycles. The van der Waals surface area contributed by atoms with Crippen molar-refractivity contribution in [3.63, 3.8) is 0 Å². The van der Waals surface area contributed by atoms with Crippen LogP contribution in [0.2, 0.25) is 10.0 Å². The number of aromatic nitrogens is 3. The van der Waals surface area contributed by atoms with Crippen molar-refractivity contribution in [3.8, 4) is 39.4 Å². The summed E-state index contributed by atoms with van der Waals surface area (Å²) in [6.07, 6.45) is 2.46. The van der Waals surface area contributed by atoms with Crippen LogP contribution in [0.4, 0.5) is 4.79 Å². The minimum atomic E-state index is -0.962. The minimum Gasteiger partial charge on any atom is -0.481 e. The zero-order chi connectivity index (χ0) is 41.7. The second-order valence-electron chi connectivity index (χ2n) is 15.1. The molecule has 1 saturated heterocycles. The number of rotatable bonds is 14. The summed E-state index contributed by atoms with van der Waals surface area (Å²) in [7, 11) is 1.51. The van der Waals surface area contributed by atoms with Gasteiger partial charge >= 0.3 is 6.09 Å². The van der Waals surface area contributed by atoms with Gasteiger partial charge in [-0.05, 0) is 57.0 Å². The molecular weight excluding hydrogens is 785 g/mol. The van der Waals surface area contributed by atoms with E-state index < -0.39 is 23.7 Å². The van der Waals surface area contributed by atoms with Gasteiger partial charge in [0, 0.05) is 77.9 Å². The van der Waals surface area contributed by atoms with Crippen LogP contribution in [0.1, 0.15) is 51.2 Å². The fraction of sp³-hybridized carbons (Fsp3) is 0.333. The number of pyridine rings is 2. The normalized spacial score (nSPS) is 14.6. The average molecular weight is 831 g/mol. The van der Waals surface area contributed by atoms with Crippen molar-refractivity contribution in [2.45, 2.75) is 70.9 Å². The standard InChI is InChI=1S/C42H45Cl2N7O7/c1-42(2,3)58-41(56)50(23-27-12-14-36(54)48-27)22-25-11-13-33(49-39(25)57-4)32-10-6-9-31(38(32)44)30-8-5-7-29(37(30)43)24-15-16-51-35(17-24)47-20-26(40(51)55)19-46-21-28(52)18-34(45)53/h5-11,13,15-17,20,27-28,46,52H,12,14,18-19,21-23H2,1-4H3,(H2,45,53)(H,48,54)/t27-,28?/m0/s1. The molecular formula is C42H45Cl2N7O7. The Balaban J connectivity index is 1.25. The van der Waals surface area contributed by atoms with Crippen LogP contribution in [0.25, 0.3) is 39.2 Å². The van der Waals surface area contributed by atoms with Crippen LogP contribution < -0.4 is 26.7 Å². The summed E-state index contributed by atoms with van der Waals surface area (Å²) in [5.74, 6) is -0.362. The molecule has 14 nitrogen and oxygen atoms in total. The fourth-order valence-electron chi connectivity index (χ4n) is 6.71. The van der Waals surface area contributed by atoms with E-state index in [-0.39, 0.29) is 50.1 Å². The third kappa shape index (κ3) is 9.94. The number of fused-ring (bicyclic) bond motifs is 1. The van der Waals surface area contributed by atoms with Crippen LogP contribution in [0.15, 0.2) is 77.9 Å². The van der Waals surface area contributed by atoms with Gasteiger partial charge in [0.15, 0.2) is 0 Å². The number of methoxy groups -OCH3 is 1. The van der Waals surface area contributed by atoms with Gasteiger partial charge in [-0.25, -0.2) is 14.8 Å². The first kappa shape index (κ1) is 42.1. The van der Waals surface area contributed by atoms with E-state index in [0.717, 1.165) is 5.56 Å². The molecule has 4 heterocycles. The van der Waals surface area contributed by atoms with Gasteiger partial charge in [0.1, 0.15) is 11.2 Å². The van der Waals surface area contributed by atoms with Crippen LogP contribution in [-0.4, -0.2) is 80.2 Å². The van der Waals surface area contributed by atoms with E-state index in [2.05, 4.69) is 15.6 Å². The number of primary amides is 1. The summed E-state index contributed by atoms with van der Waals surface area (Å²) in [5.41, 5.74) is 9.49. The first-order valence-corrected chi connectivity index (χ1v) is 19.4. The average Bonchev–Trinajstić information content (AvgIpc) is 3.59. The van der Waals surface area contributed by atoms with E-state index in [0.29, 0.717) is 73.5 Å². The number of nitrogens with two attached hydrogens (primary N) is 1. The topological polar surface area (TPSA) is 190 Å².